The molecule has 0 spiro atoms. The number of aromatic nitrogens is 2. The highest BCUT2D eigenvalue weighted by atomic mass is 32.1. The summed E-state index contributed by atoms with van der Waals surface area (Å²) < 4.78 is 0. The van der Waals surface area contributed by atoms with E-state index in [2.05, 4.69) is 51.4 Å². The molecule has 0 bridgehead atoms. The minimum Gasteiger partial charge on any atom is -0.356 e. The van der Waals surface area contributed by atoms with Crippen LogP contribution in [0.3, 0.4) is 0 Å². The number of carbonyl (C=O) groups excluding carboxylic acids is 1. The first-order valence-electron chi connectivity index (χ1n) is 9.31. The molecule has 1 aromatic carbocycles. The first-order valence-corrected chi connectivity index (χ1v) is 10.2. The lowest BCUT2D eigenvalue weighted by molar-refractivity contribution is 0.102. The molecule has 3 heterocycles. The highest BCUT2D eigenvalue weighted by molar-refractivity contribution is 7.14. The minimum atomic E-state index is -0.160. The van der Waals surface area contributed by atoms with Crippen LogP contribution in [-0.2, 0) is 6.42 Å². The number of rotatable bonds is 5. The van der Waals surface area contributed by atoms with Gasteiger partial charge in [0.25, 0.3) is 5.91 Å². The number of nitrogens with zero attached hydrogens (tertiary/aromatic N) is 3. The molecule has 6 heteroatoms. The van der Waals surface area contributed by atoms with Crippen molar-refractivity contribution in [1.82, 2.24) is 9.97 Å². The number of pyridine rings is 1. The molecule has 1 N–H and O–H groups in total. The lowest BCUT2D eigenvalue weighted by Crippen LogP contribution is -2.24. The van der Waals surface area contributed by atoms with Crippen molar-refractivity contribution < 1.29 is 4.79 Å². The van der Waals surface area contributed by atoms with Crippen molar-refractivity contribution in [1.29, 1.82) is 0 Å². The Hall–Kier alpha value is -2.73. The molecule has 0 unspecified atom stereocenters. The summed E-state index contributed by atoms with van der Waals surface area (Å²) in [5.74, 6) is 0.603. The number of nitrogens with one attached hydrogen (secondary N) is 1. The van der Waals surface area contributed by atoms with Crippen LogP contribution in [0.25, 0.3) is 11.3 Å². The van der Waals surface area contributed by atoms with Crippen molar-refractivity contribution in [3.05, 3.63) is 59.1 Å². The van der Waals surface area contributed by atoms with Crippen molar-refractivity contribution >= 4 is 28.2 Å². The molecule has 1 aliphatic heterocycles. The number of thiazole rings is 1. The molecule has 1 saturated heterocycles. The minimum absolute atomic E-state index is 0.160. The fourth-order valence-corrected chi connectivity index (χ4v) is 4.01. The van der Waals surface area contributed by atoms with Crippen LogP contribution in [0.4, 0.5) is 10.9 Å². The molecule has 5 nitrogen and oxygen atoms in total. The van der Waals surface area contributed by atoms with Crippen molar-refractivity contribution in [2.45, 2.75) is 26.2 Å². The van der Waals surface area contributed by atoms with Gasteiger partial charge in [-0.3, -0.25) is 10.1 Å². The Morgan fingerprint density at radius 2 is 1.96 bits per heavy atom. The van der Waals surface area contributed by atoms with E-state index in [-0.39, 0.29) is 5.91 Å². The van der Waals surface area contributed by atoms with E-state index in [1.54, 1.807) is 12.3 Å². The zero-order chi connectivity index (χ0) is 18.6. The van der Waals surface area contributed by atoms with Crippen LogP contribution in [0.15, 0.2) is 48.0 Å². The monoisotopic (exact) mass is 378 g/mol. The van der Waals surface area contributed by atoms with E-state index in [0.29, 0.717) is 10.7 Å². The number of amides is 1. The third-order valence-corrected chi connectivity index (χ3v) is 5.58. The molecule has 1 amide bonds. The smallest absolute Gasteiger partial charge is 0.261 e. The zero-order valence-corrected chi connectivity index (χ0v) is 16.1. The van der Waals surface area contributed by atoms with Gasteiger partial charge in [-0.15, -0.1) is 11.3 Å². The Bertz CT molecular complexity index is 929. The third-order valence-electron chi connectivity index (χ3n) is 4.82. The van der Waals surface area contributed by atoms with Gasteiger partial charge in [0.15, 0.2) is 5.13 Å². The Morgan fingerprint density at radius 1 is 1.19 bits per heavy atom. The van der Waals surface area contributed by atoms with Crippen molar-refractivity contribution in [3.63, 3.8) is 0 Å². The average Bonchev–Trinajstić information content (AvgIpc) is 3.40. The summed E-state index contributed by atoms with van der Waals surface area (Å²) in [5, 5.41) is 5.51. The Labute approximate surface area is 163 Å². The predicted molar refractivity (Wildman–Crippen MR) is 111 cm³/mol. The predicted octanol–water partition coefficient (Wildman–Crippen LogP) is 4.62. The molecule has 1 aliphatic rings. The third kappa shape index (κ3) is 3.85. The van der Waals surface area contributed by atoms with E-state index < -0.39 is 0 Å². The number of benzene rings is 1. The van der Waals surface area contributed by atoms with Gasteiger partial charge in [0, 0.05) is 30.2 Å². The maximum Gasteiger partial charge on any atom is 0.261 e. The number of carbonyl (C=O) groups is 1. The van der Waals surface area contributed by atoms with E-state index in [4.69, 9.17) is 0 Å². The normalized spacial score (nSPS) is 13.7. The summed E-state index contributed by atoms with van der Waals surface area (Å²) in [6, 6.07) is 12.0. The first kappa shape index (κ1) is 17.7. The van der Waals surface area contributed by atoms with E-state index >= 15 is 0 Å². The van der Waals surface area contributed by atoms with Gasteiger partial charge in [-0.05, 0) is 37.0 Å². The maximum absolute atomic E-state index is 12.8. The molecule has 0 radical (unpaired) electrons. The van der Waals surface area contributed by atoms with Crippen LogP contribution in [0.5, 0.6) is 0 Å². The van der Waals surface area contributed by atoms with Crippen molar-refractivity contribution in [3.8, 4) is 11.3 Å². The number of anilines is 2. The Kier molecular flexibility index (Phi) is 5.16. The van der Waals surface area contributed by atoms with Gasteiger partial charge in [0.05, 0.1) is 11.3 Å². The number of aryl methyl sites for hydroxylation is 1. The SMILES string of the molecule is CCc1ccc(-c2csc(NC(=O)c3cccnc3N3CCCC3)n2)cc1. The van der Waals surface area contributed by atoms with Crippen LogP contribution in [0, 0.1) is 0 Å². The molecule has 0 saturated carbocycles. The second kappa shape index (κ2) is 7.88. The highest BCUT2D eigenvalue weighted by Crippen LogP contribution is 2.27. The summed E-state index contributed by atoms with van der Waals surface area (Å²) in [4.78, 5) is 24.0. The van der Waals surface area contributed by atoms with Gasteiger partial charge in [-0.1, -0.05) is 31.2 Å². The topological polar surface area (TPSA) is 58.1 Å². The van der Waals surface area contributed by atoms with Gasteiger partial charge < -0.3 is 4.90 Å². The van der Waals surface area contributed by atoms with Crippen LogP contribution in [-0.4, -0.2) is 29.0 Å². The fraction of sp³-hybridized carbons (Fsp3) is 0.286. The number of hydrogen-bond donors (Lipinski definition) is 1. The van der Waals surface area contributed by atoms with Crippen LogP contribution < -0.4 is 10.2 Å². The van der Waals surface area contributed by atoms with Gasteiger partial charge in [-0.25, -0.2) is 9.97 Å². The lowest BCUT2D eigenvalue weighted by Gasteiger charge is -2.19. The van der Waals surface area contributed by atoms with E-state index in [9.17, 15) is 4.79 Å². The van der Waals surface area contributed by atoms with Crippen molar-refractivity contribution in [2.24, 2.45) is 0 Å². The maximum atomic E-state index is 12.8. The fourth-order valence-electron chi connectivity index (χ4n) is 3.29. The largest absolute Gasteiger partial charge is 0.356 e. The summed E-state index contributed by atoms with van der Waals surface area (Å²) in [5.41, 5.74) is 3.84. The quantitative estimate of drug-likeness (QED) is 0.704. The van der Waals surface area contributed by atoms with E-state index in [1.165, 1.54) is 16.9 Å². The summed E-state index contributed by atoms with van der Waals surface area (Å²) >= 11 is 1.44. The molecule has 3 aromatic rings. The molecular formula is C21H22N4OS. The van der Waals surface area contributed by atoms with Crippen LogP contribution in [0.2, 0.25) is 0 Å². The highest BCUT2D eigenvalue weighted by Gasteiger charge is 2.21. The second-order valence-electron chi connectivity index (χ2n) is 6.61. The Morgan fingerprint density at radius 3 is 2.70 bits per heavy atom. The molecular weight excluding hydrogens is 356 g/mol. The van der Waals surface area contributed by atoms with Crippen molar-refractivity contribution in [2.75, 3.05) is 23.3 Å². The van der Waals surface area contributed by atoms with Gasteiger partial charge in [0.2, 0.25) is 0 Å². The second-order valence-corrected chi connectivity index (χ2v) is 7.47. The summed E-state index contributed by atoms with van der Waals surface area (Å²) in [6.45, 7) is 4.04. The summed E-state index contributed by atoms with van der Waals surface area (Å²) in [7, 11) is 0. The van der Waals surface area contributed by atoms with Crippen LogP contribution in [0.1, 0.15) is 35.7 Å². The lowest BCUT2D eigenvalue weighted by atomic mass is 10.1. The average molecular weight is 379 g/mol. The first-order chi connectivity index (χ1) is 13.2. The van der Waals surface area contributed by atoms with E-state index in [1.807, 2.05) is 11.4 Å². The van der Waals surface area contributed by atoms with Gasteiger partial charge in [-0.2, -0.15) is 0 Å². The molecule has 138 valence electrons. The molecule has 1 fully saturated rings. The standard InChI is InChI=1S/C21H22N4OS/c1-2-15-7-9-16(10-8-15)18-14-27-21(23-18)24-20(26)17-6-5-11-22-19(17)25-12-3-4-13-25/h5-11,14H,2-4,12-13H2,1H3,(H,23,24,26). The molecule has 4 rings (SSSR count). The number of hydrogen-bond acceptors (Lipinski definition) is 5. The zero-order valence-electron chi connectivity index (χ0n) is 15.3. The molecule has 27 heavy (non-hydrogen) atoms. The van der Waals surface area contributed by atoms with Crippen LogP contribution >= 0.6 is 11.3 Å². The molecule has 2 aromatic heterocycles. The van der Waals surface area contributed by atoms with E-state index in [0.717, 1.165) is 49.4 Å². The van der Waals surface area contributed by atoms with Gasteiger partial charge >= 0.3 is 0 Å². The molecule has 0 atom stereocenters. The molecule has 0 aliphatic carbocycles. The summed E-state index contributed by atoms with van der Waals surface area (Å²) in [6.07, 6.45) is 5.05. The van der Waals surface area contributed by atoms with Gasteiger partial charge in [0.1, 0.15) is 5.82 Å². The Balaban J connectivity index is 1.51.